The summed E-state index contributed by atoms with van der Waals surface area (Å²) in [4.78, 5) is 14.3. The first kappa shape index (κ1) is 28.1. The number of nitrogens with zero attached hydrogens (tertiary/aromatic N) is 1. The van der Waals surface area contributed by atoms with E-state index in [9.17, 15) is 9.90 Å². The molecule has 3 aromatic carbocycles. The van der Waals surface area contributed by atoms with Crippen LogP contribution in [0.4, 0.5) is 11.4 Å². The lowest BCUT2D eigenvalue weighted by molar-refractivity contribution is -0.137. The number of aryl methyl sites for hydroxylation is 2. The molecule has 6 heteroatoms. The molecule has 1 heterocycles. The third-order valence-electron chi connectivity index (χ3n) is 7.03. The van der Waals surface area contributed by atoms with Gasteiger partial charge in [-0.25, -0.2) is 0 Å². The van der Waals surface area contributed by atoms with E-state index >= 15 is 0 Å². The Morgan fingerprint density at radius 3 is 2.57 bits per heavy atom. The van der Waals surface area contributed by atoms with E-state index in [1.165, 1.54) is 22.3 Å². The molecule has 198 valence electrons. The van der Waals surface area contributed by atoms with Gasteiger partial charge < -0.3 is 20.9 Å². The van der Waals surface area contributed by atoms with Crippen molar-refractivity contribution in [3.63, 3.8) is 0 Å². The van der Waals surface area contributed by atoms with E-state index in [-0.39, 0.29) is 12.3 Å². The van der Waals surface area contributed by atoms with Crippen molar-refractivity contribution < 1.29 is 14.6 Å². The summed E-state index contributed by atoms with van der Waals surface area (Å²) in [5, 5.41) is 12.8. The van der Waals surface area contributed by atoms with Gasteiger partial charge in [0.25, 0.3) is 0 Å². The molecule has 6 nitrogen and oxygen atoms in total. The van der Waals surface area contributed by atoms with E-state index in [0.717, 1.165) is 47.8 Å². The van der Waals surface area contributed by atoms with Gasteiger partial charge >= 0.3 is 5.97 Å². The molecular weight excluding hydrogens is 462 g/mol. The minimum absolute atomic E-state index is 0.00591. The van der Waals surface area contributed by atoms with Crippen LogP contribution in [0.3, 0.4) is 0 Å². The first-order chi connectivity index (χ1) is 17.8. The Morgan fingerprint density at radius 1 is 1.11 bits per heavy atom. The van der Waals surface area contributed by atoms with Crippen molar-refractivity contribution >= 4 is 17.3 Å². The lowest BCUT2D eigenvalue weighted by Crippen LogP contribution is -2.25. The number of carboxylic acids is 1. The summed E-state index contributed by atoms with van der Waals surface area (Å²) in [5.74, 6) is -0.141. The summed E-state index contributed by atoms with van der Waals surface area (Å²) in [6.45, 7) is 13.2. The molecule has 0 aromatic heterocycles. The smallest absolute Gasteiger partial charge is 0.304 e. The van der Waals surface area contributed by atoms with Crippen molar-refractivity contribution in [2.24, 2.45) is 0 Å². The maximum absolute atomic E-state index is 11.9. The van der Waals surface area contributed by atoms with Gasteiger partial charge in [0.1, 0.15) is 12.4 Å². The molecule has 4 rings (SSSR count). The third kappa shape index (κ3) is 6.63. The Hall–Kier alpha value is -3.51. The summed E-state index contributed by atoms with van der Waals surface area (Å²) in [6, 6.07) is 16.6. The first-order valence-electron chi connectivity index (χ1n) is 13.1. The standard InChI is InChI=1S/C29H35N3O3.C2H6/c1-18-5-7-22-16-32(11-12-35-27(22)13-18)17-23-14-21(8-6-19(23)2)25(15-28(33)34)24-9-10-26(31-4)29(30)20(24)3;1-2/h5-10,13-14,25,31H,11-12,15-17,30H2,1-4H3,(H,33,34);1-2H3. The van der Waals surface area contributed by atoms with E-state index in [4.69, 9.17) is 10.5 Å². The molecule has 1 aliphatic rings. The third-order valence-corrected chi connectivity index (χ3v) is 7.03. The highest BCUT2D eigenvalue weighted by Crippen LogP contribution is 2.36. The molecule has 0 saturated heterocycles. The number of aliphatic carboxylic acids is 1. The number of nitrogens with two attached hydrogens (primary N) is 1. The Bertz CT molecular complexity index is 1240. The quantitative estimate of drug-likeness (QED) is 0.330. The number of nitrogens with one attached hydrogen (secondary N) is 1. The van der Waals surface area contributed by atoms with E-state index in [0.29, 0.717) is 12.3 Å². The molecule has 1 atom stereocenters. The normalized spacial score (nSPS) is 13.9. The molecule has 37 heavy (non-hydrogen) atoms. The average Bonchev–Trinajstić information content (AvgIpc) is 3.08. The number of hydrogen-bond acceptors (Lipinski definition) is 5. The maximum atomic E-state index is 11.9. The van der Waals surface area contributed by atoms with Gasteiger partial charge in [-0.15, -0.1) is 0 Å². The van der Waals surface area contributed by atoms with Crippen molar-refractivity contribution in [3.8, 4) is 5.75 Å². The zero-order valence-corrected chi connectivity index (χ0v) is 23.0. The van der Waals surface area contributed by atoms with E-state index in [2.05, 4.69) is 60.5 Å². The lowest BCUT2D eigenvalue weighted by atomic mass is 9.84. The second kappa shape index (κ2) is 12.6. The molecule has 0 aliphatic carbocycles. The van der Waals surface area contributed by atoms with Crippen molar-refractivity contribution in [1.29, 1.82) is 0 Å². The fraction of sp³-hybridized carbons (Fsp3) is 0.387. The highest BCUT2D eigenvalue weighted by molar-refractivity contribution is 5.74. The van der Waals surface area contributed by atoms with Gasteiger partial charge in [0.05, 0.1) is 17.8 Å². The summed E-state index contributed by atoms with van der Waals surface area (Å²) in [6.07, 6.45) is 0.00591. The van der Waals surface area contributed by atoms with E-state index in [1.807, 2.05) is 40.0 Å². The molecule has 4 N–H and O–H groups in total. The number of anilines is 2. The number of carboxylic acid groups (broad SMARTS) is 1. The van der Waals surface area contributed by atoms with Crippen LogP contribution in [0.15, 0.2) is 48.5 Å². The van der Waals surface area contributed by atoms with Crippen molar-refractivity contribution in [1.82, 2.24) is 4.90 Å². The van der Waals surface area contributed by atoms with Crippen LogP contribution in [-0.2, 0) is 17.9 Å². The van der Waals surface area contributed by atoms with Gasteiger partial charge in [0.2, 0.25) is 0 Å². The van der Waals surface area contributed by atoms with Crippen LogP contribution in [0.2, 0.25) is 0 Å². The van der Waals surface area contributed by atoms with Crippen LogP contribution < -0.4 is 15.8 Å². The zero-order valence-electron chi connectivity index (χ0n) is 23.0. The average molecular weight is 504 g/mol. The minimum Gasteiger partial charge on any atom is -0.492 e. The van der Waals surface area contributed by atoms with Gasteiger partial charge in [-0.3, -0.25) is 9.69 Å². The van der Waals surface area contributed by atoms with Crippen LogP contribution >= 0.6 is 0 Å². The van der Waals surface area contributed by atoms with Crippen molar-refractivity contribution in [3.05, 3.63) is 87.5 Å². The number of rotatable bonds is 7. The van der Waals surface area contributed by atoms with Gasteiger partial charge in [0, 0.05) is 38.2 Å². The second-order valence-electron chi connectivity index (χ2n) is 9.50. The second-order valence-corrected chi connectivity index (χ2v) is 9.50. The molecule has 0 bridgehead atoms. The fourth-order valence-electron chi connectivity index (χ4n) is 4.91. The van der Waals surface area contributed by atoms with Gasteiger partial charge in [-0.1, -0.05) is 50.2 Å². The van der Waals surface area contributed by atoms with Gasteiger partial charge in [-0.05, 0) is 66.3 Å². The molecular formula is C31H41N3O3. The molecule has 0 radical (unpaired) electrons. The molecule has 0 spiro atoms. The van der Waals surface area contributed by atoms with Crippen molar-refractivity contribution in [2.75, 3.05) is 31.2 Å². The minimum atomic E-state index is -0.829. The Kier molecular flexibility index (Phi) is 9.59. The number of benzene rings is 3. The van der Waals surface area contributed by atoms with Crippen LogP contribution in [0.1, 0.15) is 65.1 Å². The first-order valence-corrected chi connectivity index (χ1v) is 13.1. The predicted molar refractivity (Wildman–Crippen MR) is 153 cm³/mol. The lowest BCUT2D eigenvalue weighted by Gasteiger charge is -2.24. The van der Waals surface area contributed by atoms with Crippen LogP contribution in [0.5, 0.6) is 5.75 Å². The number of hydrogen-bond donors (Lipinski definition) is 3. The summed E-state index contributed by atoms with van der Waals surface area (Å²) < 4.78 is 6.01. The maximum Gasteiger partial charge on any atom is 0.304 e. The Morgan fingerprint density at radius 2 is 1.86 bits per heavy atom. The molecule has 0 saturated carbocycles. The highest BCUT2D eigenvalue weighted by atomic mass is 16.5. The monoisotopic (exact) mass is 503 g/mol. The zero-order chi connectivity index (χ0) is 27.1. The number of carbonyl (C=O) groups is 1. The Balaban J connectivity index is 0.00000186. The fourth-order valence-corrected chi connectivity index (χ4v) is 4.91. The largest absolute Gasteiger partial charge is 0.492 e. The molecule has 0 fully saturated rings. The number of nitrogen functional groups attached to an aromatic ring is 1. The van der Waals surface area contributed by atoms with Crippen LogP contribution in [0.25, 0.3) is 0 Å². The van der Waals surface area contributed by atoms with Crippen molar-refractivity contribution in [2.45, 2.75) is 60.0 Å². The number of ether oxygens (including phenoxy) is 1. The number of fused-ring (bicyclic) bond motifs is 1. The molecule has 0 amide bonds. The van der Waals surface area contributed by atoms with Crippen LogP contribution in [-0.4, -0.2) is 36.2 Å². The summed E-state index contributed by atoms with van der Waals surface area (Å²) in [5.41, 5.74) is 15.5. The van der Waals surface area contributed by atoms with Gasteiger partial charge in [0.15, 0.2) is 0 Å². The molecule has 1 unspecified atom stereocenters. The molecule has 3 aromatic rings. The highest BCUT2D eigenvalue weighted by Gasteiger charge is 2.23. The van der Waals surface area contributed by atoms with Crippen LogP contribution in [0, 0.1) is 20.8 Å². The predicted octanol–water partition coefficient (Wildman–Crippen LogP) is 6.26. The Labute approximate surface area is 221 Å². The van der Waals surface area contributed by atoms with E-state index < -0.39 is 5.97 Å². The van der Waals surface area contributed by atoms with E-state index in [1.54, 1.807) is 0 Å². The summed E-state index contributed by atoms with van der Waals surface area (Å²) >= 11 is 0. The molecule has 1 aliphatic heterocycles. The topological polar surface area (TPSA) is 87.8 Å². The SMILES string of the molecule is CC.CNc1ccc(C(CC(=O)O)c2ccc(C)c(CN3CCOc4cc(C)ccc4C3)c2)c(C)c1N. The van der Waals surface area contributed by atoms with Gasteiger partial charge in [-0.2, -0.15) is 0 Å². The summed E-state index contributed by atoms with van der Waals surface area (Å²) in [7, 11) is 1.83.